The maximum absolute atomic E-state index is 11.7. The van der Waals surface area contributed by atoms with E-state index in [1.807, 2.05) is 0 Å². The summed E-state index contributed by atoms with van der Waals surface area (Å²) in [5.41, 5.74) is 7.32. The number of aromatic nitrogens is 1. The number of H-pyrrole nitrogens is 1. The lowest BCUT2D eigenvalue weighted by Crippen LogP contribution is -2.17. The summed E-state index contributed by atoms with van der Waals surface area (Å²) in [6.45, 7) is -0.312. The molecule has 0 bridgehead atoms. The van der Waals surface area contributed by atoms with Crippen molar-refractivity contribution >= 4 is 57.4 Å². The predicted molar refractivity (Wildman–Crippen MR) is 73.3 cm³/mol. The normalized spacial score (nSPS) is 11.7. The van der Waals surface area contributed by atoms with Gasteiger partial charge in [0, 0.05) is 16.6 Å². The third-order valence-corrected chi connectivity index (χ3v) is 2.56. The molecule has 0 unspecified atom stereocenters. The van der Waals surface area contributed by atoms with E-state index in [0.29, 0.717) is 5.69 Å². The molecule has 1 heterocycles. The summed E-state index contributed by atoms with van der Waals surface area (Å²) in [5.74, 6) is -0.587. The van der Waals surface area contributed by atoms with Crippen LogP contribution in [0.3, 0.4) is 0 Å². The minimum absolute atomic E-state index is 0.282. The Bertz CT molecular complexity index is 589. The molecule has 0 amide bonds. The molecule has 0 saturated heterocycles. The summed E-state index contributed by atoms with van der Waals surface area (Å²) in [6, 6.07) is 6.88. The van der Waals surface area contributed by atoms with E-state index in [9.17, 15) is 4.79 Å². The lowest BCUT2D eigenvalue weighted by molar-refractivity contribution is 0.0506. The molecule has 1 aromatic heterocycles. The van der Waals surface area contributed by atoms with Gasteiger partial charge in [0.1, 0.15) is 12.3 Å². The second-order valence-electron chi connectivity index (χ2n) is 3.72. The Labute approximate surface area is 118 Å². The number of carbonyl (C=O) groups is 1. The van der Waals surface area contributed by atoms with Gasteiger partial charge in [0.15, 0.2) is 0 Å². The molecule has 0 aliphatic heterocycles. The van der Waals surface area contributed by atoms with Crippen molar-refractivity contribution in [3.8, 4) is 0 Å². The number of anilines is 1. The number of fused-ring (bicyclic) bond motifs is 1. The molecule has 0 saturated carbocycles. The number of nitrogen functional groups attached to an aromatic ring is 1. The van der Waals surface area contributed by atoms with Gasteiger partial charge in [-0.3, -0.25) is 0 Å². The standard InChI is InChI=1S/C11H9Cl3N2O2/c12-11(13,14)5-18-10(17)9-4-6-3-7(15)1-2-8(6)16-9/h1-4,16H,5,15H2. The number of aromatic amines is 1. The number of ether oxygens (including phenoxy) is 1. The summed E-state index contributed by atoms with van der Waals surface area (Å²) >= 11 is 16.5. The summed E-state index contributed by atoms with van der Waals surface area (Å²) in [7, 11) is 0. The van der Waals surface area contributed by atoms with Crippen molar-refractivity contribution in [1.29, 1.82) is 0 Å². The molecule has 0 fully saturated rings. The van der Waals surface area contributed by atoms with E-state index in [1.165, 1.54) is 0 Å². The highest BCUT2D eigenvalue weighted by atomic mass is 35.6. The van der Waals surface area contributed by atoms with Gasteiger partial charge in [0.25, 0.3) is 0 Å². The van der Waals surface area contributed by atoms with Crippen molar-refractivity contribution in [2.75, 3.05) is 12.3 Å². The maximum atomic E-state index is 11.7. The van der Waals surface area contributed by atoms with Crippen LogP contribution in [0.25, 0.3) is 10.9 Å². The first-order chi connectivity index (χ1) is 8.35. The fourth-order valence-electron chi connectivity index (χ4n) is 1.49. The van der Waals surface area contributed by atoms with E-state index >= 15 is 0 Å². The highest BCUT2D eigenvalue weighted by molar-refractivity contribution is 6.67. The van der Waals surface area contributed by atoms with Crippen LogP contribution in [0.1, 0.15) is 10.5 Å². The summed E-state index contributed by atoms with van der Waals surface area (Å²) in [6.07, 6.45) is 0. The predicted octanol–water partition coefficient (Wildman–Crippen LogP) is 3.28. The van der Waals surface area contributed by atoms with Gasteiger partial charge in [0.05, 0.1) is 0 Å². The van der Waals surface area contributed by atoms with Gasteiger partial charge in [-0.1, -0.05) is 34.8 Å². The molecule has 2 aromatic rings. The van der Waals surface area contributed by atoms with Gasteiger partial charge in [0.2, 0.25) is 3.79 Å². The number of hydrogen-bond donors (Lipinski definition) is 2. The average molecular weight is 308 g/mol. The van der Waals surface area contributed by atoms with Crippen molar-refractivity contribution in [2.24, 2.45) is 0 Å². The topological polar surface area (TPSA) is 68.1 Å². The summed E-state index contributed by atoms with van der Waals surface area (Å²) in [5, 5.41) is 0.816. The molecule has 1 aromatic carbocycles. The zero-order valence-corrected chi connectivity index (χ0v) is 11.3. The van der Waals surface area contributed by atoms with Crippen LogP contribution in [-0.4, -0.2) is 21.4 Å². The van der Waals surface area contributed by atoms with Crippen LogP contribution in [0.4, 0.5) is 5.69 Å². The van der Waals surface area contributed by atoms with Crippen LogP contribution in [-0.2, 0) is 4.74 Å². The lowest BCUT2D eigenvalue weighted by Gasteiger charge is -2.10. The Hall–Kier alpha value is -1.10. The Morgan fingerprint density at radius 1 is 1.33 bits per heavy atom. The minimum atomic E-state index is -1.62. The van der Waals surface area contributed by atoms with Gasteiger partial charge in [-0.2, -0.15) is 0 Å². The van der Waals surface area contributed by atoms with Crippen molar-refractivity contribution in [3.63, 3.8) is 0 Å². The molecule has 18 heavy (non-hydrogen) atoms. The van der Waals surface area contributed by atoms with Crippen molar-refractivity contribution in [1.82, 2.24) is 4.98 Å². The molecular weight excluding hydrogens is 298 g/mol. The highest BCUT2D eigenvalue weighted by Gasteiger charge is 2.23. The first kappa shape index (κ1) is 13.3. The van der Waals surface area contributed by atoms with E-state index < -0.39 is 9.76 Å². The number of carbonyl (C=O) groups excluding carboxylic acids is 1. The Morgan fingerprint density at radius 3 is 2.72 bits per heavy atom. The van der Waals surface area contributed by atoms with Crippen LogP contribution < -0.4 is 5.73 Å². The quantitative estimate of drug-likeness (QED) is 0.508. The lowest BCUT2D eigenvalue weighted by atomic mass is 10.2. The Morgan fingerprint density at radius 2 is 2.06 bits per heavy atom. The van der Waals surface area contributed by atoms with Crippen LogP contribution >= 0.6 is 34.8 Å². The SMILES string of the molecule is Nc1ccc2[nH]c(C(=O)OCC(Cl)(Cl)Cl)cc2c1. The largest absolute Gasteiger partial charge is 0.456 e. The van der Waals surface area contributed by atoms with E-state index in [0.717, 1.165) is 10.9 Å². The van der Waals surface area contributed by atoms with Gasteiger partial charge in [-0.15, -0.1) is 0 Å². The zero-order chi connectivity index (χ0) is 13.3. The highest BCUT2D eigenvalue weighted by Crippen LogP contribution is 2.26. The number of nitrogens with two attached hydrogens (primary N) is 1. The van der Waals surface area contributed by atoms with E-state index in [1.54, 1.807) is 24.3 Å². The first-order valence-corrected chi connectivity index (χ1v) is 6.11. The van der Waals surface area contributed by atoms with Gasteiger partial charge >= 0.3 is 5.97 Å². The molecule has 0 spiro atoms. The first-order valence-electron chi connectivity index (χ1n) is 4.97. The third-order valence-electron chi connectivity index (χ3n) is 2.23. The minimum Gasteiger partial charge on any atom is -0.456 e. The monoisotopic (exact) mass is 306 g/mol. The molecular formula is C11H9Cl3N2O2. The van der Waals surface area contributed by atoms with E-state index in [2.05, 4.69) is 4.98 Å². The summed E-state index contributed by atoms with van der Waals surface area (Å²) in [4.78, 5) is 14.6. The molecule has 0 atom stereocenters. The van der Waals surface area contributed by atoms with Crippen molar-refractivity contribution in [2.45, 2.75) is 3.79 Å². The van der Waals surface area contributed by atoms with Crippen LogP contribution in [0.15, 0.2) is 24.3 Å². The van der Waals surface area contributed by atoms with Crippen molar-refractivity contribution < 1.29 is 9.53 Å². The van der Waals surface area contributed by atoms with Gasteiger partial charge < -0.3 is 15.5 Å². The van der Waals surface area contributed by atoms with E-state index in [-0.39, 0.29) is 12.3 Å². The molecule has 4 nitrogen and oxygen atoms in total. The fourth-order valence-corrected chi connectivity index (χ4v) is 1.65. The molecule has 96 valence electrons. The second kappa shape index (κ2) is 4.88. The molecule has 3 N–H and O–H groups in total. The van der Waals surface area contributed by atoms with Crippen LogP contribution in [0.5, 0.6) is 0 Å². The van der Waals surface area contributed by atoms with Gasteiger partial charge in [-0.05, 0) is 24.3 Å². The van der Waals surface area contributed by atoms with Crippen LogP contribution in [0, 0.1) is 0 Å². The molecule has 7 heteroatoms. The molecule has 0 aliphatic rings. The smallest absolute Gasteiger partial charge is 0.354 e. The Kier molecular flexibility index (Phi) is 3.61. The fraction of sp³-hybridized carbons (Fsp3) is 0.182. The average Bonchev–Trinajstić information content (AvgIpc) is 2.67. The molecule has 2 rings (SSSR count). The van der Waals surface area contributed by atoms with E-state index in [4.69, 9.17) is 45.3 Å². The Balaban J connectivity index is 2.18. The third kappa shape index (κ3) is 3.22. The summed E-state index contributed by atoms with van der Waals surface area (Å²) < 4.78 is 3.24. The van der Waals surface area contributed by atoms with Crippen molar-refractivity contribution in [3.05, 3.63) is 30.0 Å². The number of hydrogen-bond acceptors (Lipinski definition) is 3. The second-order valence-corrected chi connectivity index (χ2v) is 6.24. The number of halogens is 3. The maximum Gasteiger partial charge on any atom is 0.354 e. The molecule has 0 radical (unpaired) electrons. The number of esters is 1. The van der Waals surface area contributed by atoms with Crippen LogP contribution in [0.2, 0.25) is 0 Å². The van der Waals surface area contributed by atoms with Gasteiger partial charge in [-0.25, -0.2) is 4.79 Å². The number of nitrogens with one attached hydrogen (secondary N) is 1. The number of rotatable bonds is 2. The number of alkyl halides is 3. The zero-order valence-electron chi connectivity index (χ0n) is 9.04. The molecule has 0 aliphatic carbocycles. The number of benzene rings is 1.